The molecule has 1 N–H and O–H groups in total. The Morgan fingerprint density at radius 2 is 1.79 bits per heavy atom. The molecule has 2 aromatic carbocycles. The molecule has 0 saturated carbocycles. The molecule has 1 amide bonds. The average molecular weight is 373 g/mol. The number of benzene rings is 2. The zero-order valence-electron chi connectivity index (χ0n) is 15.6. The zero-order chi connectivity index (χ0) is 19.5. The number of hydrogen-bond acceptors (Lipinski definition) is 5. The molecule has 28 heavy (non-hydrogen) atoms. The Kier molecular flexibility index (Phi) is 4.67. The van der Waals surface area contributed by atoms with E-state index < -0.39 is 0 Å². The predicted molar refractivity (Wildman–Crippen MR) is 103 cm³/mol. The van der Waals surface area contributed by atoms with Crippen molar-refractivity contribution >= 4 is 5.91 Å². The van der Waals surface area contributed by atoms with Gasteiger partial charge in [-0.25, -0.2) is 4.68 Å². The highest BCUT2D eigenvalue weighted by Crippen LogP contribution is 2.18. The summed E-state index contributed by atoms with van der Waals surface area (Å²) in [6, 6.07) is 17.1. The second-order valence-electron chi connectivity index (χ2n) is 6.42. The molecule has 8 heteroatoms. The predicted octanol–water partition coefficient (Wildman–Crippen LogP) is 2.39. The molecule has 0 bridgehead atoms. The SMILES string of the molecule is Cc1cc(C)n(-c2ccccc2CNC(=O)c2ccccc2-n2cnnn2)n1. The van der Waals surface area contributed by atoms with Crippen molar-refractivity contribution < 1.29 is 4.79 Å². The summed E-state index contributed by atoms with van der Waals surface area (Å²) in [5.74, 6) is -0.200. The Hall–Kier alpha value is -3.81. The van der Waals surface area contributed by atoms with Crippen LogP contribution in [0.2, 0.25) is 0 Å². The lowest BCUT2D eigenvalue weighted by Crippen LogP contribution is -2.25. The van der Waals surface area contributed by atoms with Crippen LogP contribution < -0.4 is 5.32 Å². The highest BCUT2D eigenvalue weighted by molar-refractivity contribution is 5.97. The van der Waals surface area contributed by atoms with Crippen LogP contribution in [-0.2, 0) is 6.54 Å². The van der Waals surface area contributed by atoms with E-state index in [9.17, 15) is 4.79 Å². The highest BCUT2D eigenvalue weighted by atomic mass is 16.1. The molecule has 0 saturated heterocycles. The van der Waals surface area contributed by atoms with Crippen LogP contribution in [0.1, 0.15) is 27.3 Å². The van der Waals surface area contributed by atoms with Gasteiger partial charge < -0.3 is 5.32 Å². The van der Waals surface area contributed by atoms with Gasteiger partial charge in [-0.15, -0.1) is 5.10 Å². The zero-order valence-corrected chi connectivity index (χ0v) is 15.6. The van der Waals surface area contributed by atoms with E-state index in [0.717, 1.165) is 22.6 Å². The van der Waals surface area contributed by atoms with Gasteiger partial charge in [0.1, 0.15) is 6.33 Å². The number of tetrazole rings is 1. The summed E-state index contributed by atoms with van der Waals surface area (Å²) in [6.07, 6.45) is 1.46. The summed E-state index contributed by atoms with van der Waals surface area (Å²) in [7, 11) is 0. The minimum absolute atomic E-state index is 0.200. The number of para-hydroxylation sites is 2. The van der Waals surface area contributed by atoms with Crippen molar-refractivity contribution in [2.24, 2.45) is 0 Å². The molecule has 0 aliphatic heterocycles. The number of nitrogens with zero attached hydrogens (tertiary/aromatic N) is 6. The second kappa shape index (κ2) is 7.43. The molecular formula is C20H19N7O. The van der Waals surface area contributed by atoms with E-state index in [1.807, 2.05) is 61.0 Å². The van der Waals surface area contributed by atoms with Gasteiger partial charge in [-0.2, -0.15) is 9.78 Å². The molecule has 4 aromatic rings. The Labute approximate surface area is 161 Å². The van der Waals surface area contributed by atoms with Gasteiger partial charge >= 0.3 is 0 Å². The smallest absolute Gasteiger partial charge is 0.253 e. The number of rotatable bonds is 5. The number of aromatic nitrogens is 6. The standard InChI is InChI=1S/C20H19N7O/c1-14-11-15(2)27(23-14)18-9-5-3-7-16(18)12-21-20(28)17-8-4-6-10-19(17)26-13-22-24-25-26/h3-11,13H,12H2,1-2H3,(H,21,28). The van der Waals surface area contributed by atoms with Crippen LogP contribution in [0, 0.1) is 13.8 Å². The van der Waals surface area contributed by atoms with Crippen LogP contribution in [0.15, 0.2) is 60.9 Å². The second-order valence-corrected chi connectivity index (χ2v) is 6.42. The molecule has 4 rings (SSSR count). The highest BCUT2D eigenvalue weighted by Gasteiger charge is 2.14. The molecule has 0 fully saturated rings. The Morgan fingerprint density at radius 1 is 1.04 bits per heavy atom. The molecule has 2 heterocycles. The maximum Gasteiger partial charge on any atom is 0.253 e. The van der Waals surface area contributed by atoms with Crippen molar-refractivity contribution in [3.05, 3.63) is 83.4 Å². The Bertz CT molecular complexity index is 1120. The fourth-order valence-electron chi connectivity index (χ4n) is 3.15. The largest absolute Gasteiger partial charge is 0.348 e. The minimum atomic E-state index is -0.200. The molecule has 0 unspecified atom stereocenters. The van der Waals surface area contributed by atoms with Crippen molar-refractivity contribution in [3.8, 4) is 11.4 Å². The first kappa shape index (κ1) is 17.6. The molecule has 0 aliphatic carbocycles. The van der Waals surface area contributed by atoms with Crippen molar-refractivity contribution in [2.75, 3.05) is 0 Å². The van der Waals surface area contributed by atoms with Crippen molar-refractivity contribution in [1.82, 2.24) is 35.3 Å². The number of amides is 1. The van der Waals surface area contributed by atoms with Gasteiger partial charge in [-0.05, 0) is 54.1 Å². The molecule has 0 spiro atoms. The molecule has 0 atom stereocenters. The normalized spacial score (nSPS) is 10.8. The van der Waals surface area contributed by atoms with Gasteiger partial charge in [-0.3, -0.25) is 4.79 Å². The third kappa shape index (κ3) is 3.39. The first-order chi connectivity index (χ1) is 13.6. The number of hydrogen-bond donors (Lipinski definition) is 1. The average Bonchev–Trinajstić information content (AvgIpc) is 3.36. The maximum atomic E-state index is 12.8. The van der Waals surface area contributed by atoms with Gasteiger partial charge in [0.05, 0.1) is 22.6 Å². The monoisotopic (exact) mass is 373 g/mol. The number of carbonyl (C=O) groups excluding carboxylic acids is 1. The van der Waals surface area contributed by atoms with Crippen molar-refractivity contribution in [3.63, 3.8) is 0 Å². The van der Waals surface area contributed by atoms with Crippen LogP contribution in [0.25, 0.3) is 11.4 Å². The molecule has 2 aromatic heterocycles. The summed E-state index contributed by atoms with van der Waals surface area (Å²) >= 11 is 0. The fourth-order valence-corrected chi connectivity index (χ4v) is 3.15. The maximum absolute atomic E-state index is 12.8. The van der Waals surface area contributed by atoms with Gasteiger partial charge in [0.15, 0.2) is 0 Å². The van der Waals surface area contributed by atoms with E-state index in [4.69, 9.17) is 0 Å². The molecule has 140 valence electrons. The van der Waals surface area contributed by atoms with Crippen LogP contribution in [0.4, 0.5) is 0 Å². The topological polar surface area (TPSA) is 90.5 Å². The van der Waals surface area contributed by atoms with Crippen LogP contribution >= 0.6 is 0 Å². The third-order valence-corrected chi connectivity index (χ3v) is 4.41. The number of aryl methyl sites for hydroxylation is 2. The molecule has 8 nitrogen and oxygen atoms in total. The van der Waals surface area contributed by atoms with E-state index in [-0.39, 0.29) is 5.91 Å². The van der Waals surface area contributed by atoms with E-state index >= 15 is 0 Å². The molecular weight excluding hydrogens is 354 g/mol. The first-order valence-electron chi connectivity index (χ1n) is 8.85. The van der Waals surface area contributed by atoms with Gasteiger partial charge in [0.25, 0.3) is 5.91 Å². The van der Waals surface area contributed by atoms with Crippen LogP contribution in [0.5, 0.6) is 0 Å². The lowest BCUT2D eigenvalue weighted by molar-refractivity contribution is 0.0950. The summed E-state index contributed by atoms with van der Waals surface area (Å²) < 4.78 is 3.37. The van der Waals surface area contributed by atoms with Crippen molar-refractivity contribution in [1.29, 1.82) is 0 Å². The van der Waals surface area contributed by atoms with E-state index in [0.29, 0.717) is 17.8 Å². The van der Waals surface area contributed by atoms with Crippen LogP contribution in [-0.4, -0.2) is 35.9 Å². The van der Waals surface area contributed by atoms with Gasteiger partial charge in [0.2, 0.25) is 0 Å². The Morgan fingerprint density at radius 3 is 2.50 bits per heavy atom. The number of nitrogens with one attached hydrogen (secondary N) is 1. The van der Waals surface area contributed by atoms with E-state index in [2.05, 4.69) is 25.9 Å². The van der Waals surface area contributed by atoms with E-state index in [1.165, 1.54) is 11.0 Å². The summed E-state index contributed by atoms with van der Waals surface area (Å²) in [6.45, 7) is 4.35. The van der Waals surface area contributed by atoms with Gasteiger partial charge in [-0.1, -0.05) is 30.3 Å². The minimum Gasteiger partial charge on any atom is -0.348 e. The van der Waals surface area contributed by atoms with Crippen molar-refractivity contribution in [2.45, 2.75) is 20.4 Å². The lowest BCUT2D eigenvalue weighted by atomic mass is 10.1. The Balaban J connectivity index is 1.59. The lowest BCUT2D eigenvalue weighted by Gasteiger charge is -2.13. The quantitative estimate of drug-likeness (QED) is 0.580. The summed E-state index contributed by atoms with van der Waals surface area (Å²) in [5.41, 5.74) is 5.03. The fraction of sp³-hybridized carbons (Fsp3) is 0.150. The first-order valence-corrected chi connectivity index (χ1v) is 8.85. The molecule has 0 aliphatic rings. The molecule has 0 radical (unpaired) electrons. The van der Waals surface area contributed by atoms with E-state index in [1.54, 1.807) is 12.1 Å². The number of carbonyl (C=O) groups is 1. The van der Waals surface area contributed by atoms with Crippen LogP contribution in [0.3, 0.4) is 0 Å². The van der Waals surface area contributed by atoms with Gasteiger partial charge in [0, 0.05) is 12.2 Å². The summed E-state index contributed by atoms with van der Waals surface area (Å²) in [4.78, 5) is 12.8. The third-order valence-electron chi connectivity index (χ3n) is 4.41. The summed E-state index contributed by atoms with van der Waals surface area (Å²) in [5, 5.41) is 18.7.